The third kappa shape index (κ3) is 4.72. The smallest absolute Gasteiger partial charge is 0.341 e. The Labute approximate surface area is 150 Å². The molecule has 5 nitrogen and oxygen atoms in total. The second-order valence-electron chi connectivity index (χ2n) is 5.19. The van der Waals surface area contributed by atoms with Crippen LogP contribution in [0.5, 0.6) is 0 Å². The molecule has 1 aromatic carbocycles. The summed E-state index contributed by atoms with van der Waals surface area (Å²) in [6.45, 7) is 1.54. The molecule has 0 aliphatic carbocycles. The maximum Gasteiger partial charge on any atom is 0.341 e. The fourth-order valence-corrected chi connectivity index (χ4v) is 2.88. The number of aromatic nitrogens is 1. The summed E-state index contributed by atoms with van der Waals surface area (Å²) in [5.41, 5.74) is 0.316. The number of benzene rings is 1. The van der Waals surface area contributed by atoms with Gasteiger partial charge in [-0.2, -0.15) is 0 Å². The summed E-state index contributed by atoms with van der Waals surface area (Å²) in [7, 11) is 3.22. The summed E-state index contributed by atoms with van der Waals surface area (Å²) in [4.78, 5) is 30.7. The van der Waals surface area contributed by atoms with E-state index in [2.05, 4.69) is 4.98 Å². The lowest BCUT2D eigenvalue weighted by molar-refractivity contribution is -0.137. The molecule has 1 heterocycles. The van der Waals surface area contributed by atoms with E-state index in [-0.39, 0.29) is 5.91 Å². The number of amides is 1. The highest BCUT2D eigenvalue weighted by atomic mass is 35.5. The standard InChI is InChI=1S/C17H17ClN2O3S/c1-11(16(21)20(2)3)23-17(22)14-5-4-10-19-15(14)24-13-8-6-12(18)7-9-13/h4-11H,1-3H3/t11-/m1/s1. The molecule has 0 bridgehead atoms. The second-order valence-corrected chi connectivity index (χ2v) is 6.69. The molecular weight excluding hydrogens is 348 g/mol. The first kappa shape index (κ1) is 18.3. The van der Waals surface area contributed by atoms with E-state index in [1.54, 1.807) is 51.5 Å². The van der Waals surface area contributed by atoms with Crippen molar-refractivity contribution >= 4 is 35.2 Å². The van der Waals surface area contributed by atoms with Gasteiger partial charge in [0.15, 0.2) is 6.10 Å². The number of esters is 1. The first-order valence-electron chi connectivity index (χ1n) is 7.19. The normalized spacial score (nSPS) is 11.7. The number of rotatable bonds is 5. The molecule has 1 aromatic heterocycles. The van der Waals surface area contributed by atoms with Crippen molar-refractivity contribution in [3.63, 3.8) is 0 Å². The molecule has 24 heavy (non-hydrogen) atoms. The maximum atomic E-state index is 12.4. The summed E-state index contributed by atoms with van der Waals surface area (Å²) in [5, 5.41) is 1.14. The third-order valence-electron chi connectivity index (χ3n) is 3.09. The average molecular weight is 365 g/mol. The van der Waals surface area contributed by atoms with E-state index >= 15 is 0 Å². The predicted octanol–water partition coefficient (Wildman–Crippen LogP) is 3.52. The fourth-order valence-electron chi connectivity index (χ4n) is 1.88. The van der Waals surface area contributed by atoms with Crippen molar-refractivity contribution in [2.24, 2.45) is 0 Å². The van der Waals surface area contributed by atoms with Gasteiger partial charge in [0.25, 0.3) is 5.91 Å². The number of carbonyl (C=O) groups excluding carboxylic acids is 2. The van der Waals surface area contributed by atoms with Gasteiger partial charge in [0, 0.05) is 30.2 Å². The van der Waals surface area contributed by atoms with E-state index in [4.69, 9.17) is 16.3 Å². The molecule has 0 fully saturated rings. The number of carbonyl (C=O) groups is 2. The highest BCUT2D eigenvalue weighted by Gasteiger charge is 2.22. The number of likely N-dealkylation sites (N-methyl/N-ethyl adjacent to an activating group) is 1. The Bertz CT molecular complexity index is 735. The van der Waals surface area contributed by atoms with Gasteiger partial charge in [-0.1, -0.05) is 23.4 Å². The Morgan fingerprint density at radius 2 is 1.88 bits per heavy atom. The van der Waals surface area contributed by atoms with Crippen LogP contribution in [0.3, 0.4) is 0 Å². The molecule has 2 rings (SSSR count). The van der Waals surface area contributed by atoms with Crippen LogP contribution in [0.1, 0.15) is 17.3 Å². The Balaban J connectivity index is 2.17. The largest absolute Gasteiger partial charge is 0.449 e. The average Bonchev–Trinajstić information content (AvgIpc) is 2.56. The lowest BCUT2D eigenvalue weighted by atomic mass is 10.3. The van der Waals surface area contributed by atoms with Crippen LogP contribution in [-0.4, -0.2) is 42.0 Å². The lowest BCUT2D eigenvalue weighted by Gasteiger charge is -2.17. The van der Waals surface area contributed by atoms with E-state index in [0.717, 1.165) is 4.90 Å². The molecule has 0 saturated heterocycles. The van der Waals surface area contributed by atoms with Crippen LogP contribution in [0.15, 0.2) is 52.5 Å². The molecule has 126 valence electrons. The zero-order valence-electron chi connectivity index (χ0n) is 13.5. The minimum absolute atomic E-state index is 0.279. The zero-order valence-corrected chi connectivity index (χ0v) is 15.1. The molecule has 0 radical (unpaired) electrons. The van der Waals surface area contributed by atoms with Gasteiger partial charge in [0.05, 0.1) is 5.56 Å². The number of halogens is 1. The van der Waals surface area contributed by atoms with Crippen LogP contribution >= 0.6 is 23.4 Å². The topological polar surface area (TPSA) is 59.5 Å². The predicted molar refractivity (Wildman–Crippen MR) is 93.4 cm³/mol. The van der Waals surface area contributed by atoms with Gasteiger partial charge in [-0.15, -0.1) is 0 Å². The molecule has 0 aliphatic heterocycles. The van der Waals surface area contributed by atoms with Crippen LogP contribution in [0, 0.1) is 0 Å². The second kappa shape index (κ2) is 8.17. The lowest BCUT2D eigenvalue weighted by Crippen LogP contribution is -2.35. The number of hydrogen-bond acceptors (Lipinski definition) is 5. The summed E-state index contributed by atoms with van der Waals surface area (Å²) in [6.07, 6.45) is 0.741. The SMILES string of the molecule is C[C@@H](OC(=O)c1cccnc1Sc1ccc(Cl)cc1)C(=O)N(C)C. The minimum atomic E-state index is -0.860. The first-order valence-corrected chi connectivity index (χ1v) is 8.38. The summed E-state index contributed by atoms with van der Waals surface area (Å²) < 4.78 is 5.25. The van der Waals surface area contributed by atoms with Gasteiger partial charge in [0.1, 0.15) is 5.03 Å². The molecular formula is C17H17ClN2O3S. The van der Waals surface area contributed by atoms with E-state index in [0.29, 0.717) is 15.6 Å². The van der Waals surface area contributed by atoms with Crippen LogP contribution in [0.25, 0.3) is 0 Å². The molecule has 7 heteroatoms. The first-order chi connectivity index (χ1) is 11.4. The van der Waals surface area contributed by atoms with Crippen LogP contribution in [0.4, 0.5) is 0 Å². The van der Waals surface area contributed by atoms with Crippen LogP contribution < -0.4 is 0 Å². The number of hydrogen-bond donors (Lipinski definition) is 0. The zero-order chi connectivity index (χ0) is 17.7. The van der Waals surface area contributed by atoms with E-state index in [1.807, 2.05) is 12.1 Å². The Hall–Kier alpha value is -2.05. The molecule has 0 spiro atoms. The summed E-state index contributed by atoms with van der Waals surface area (Å²) in [5.74, 6) is -0.860. The third-order valence-corrected chi connectivity index (χ3v) is 4.37. The molecule has 0 N–H and O–H groups in total. The number of pyridine rings is 1. The van der Waals surface area contributed by atoms with Crippen molar-refractivity contribution in [1.29, 1.82) is 0 Å². The monoisotopic (exact) mass is 364 g/mol. The van der Waals surface area contributed by atoms with Gasteiger partial charge in [-0.05, 0) is 43.3 Å². The van der Waals surface area contributed by atoms with Crippen molar-refractivity contribution in [3.8, 4) is 0 Å². The highest BCUT2D eigenvalue weighted by molar-refractivity contribution is 7.99. The quantitative estimate of drug-likeness (QED) is 0.760. The van der Waals surface area contributed by atoms with Gasteiger partial charge in [0.2, 0.25) is 0 Å². The van der Waals surface area contributed by atoms with E-state index in [1.165, 1.54) is 16.7 Å². The van der Waals surface area contributed by atoms with E-state index in [9.17, 15) is 9.59 Å². The van der Waals surface area contributed by atoms with Crippen LogP contribution in [0.2, 0.25) is 5.02 Å². The van der Waals surface area contributed by atoms with Crippen molar-refractivity contribution in [1.82, 2.24) is 9.88 Å². The molecule has 1 amide bonds. The summed E-state index contributed by atoms with van der Waals surface area (Å²) >= 11 is 7.20. The van der Waals surface area contributed by atoms with E-state index < -0.39 is 12.1 Å². The Morgan fingerprint density at radius 1 is 1.21 bits per heavy atom. The van der Waals surface area contributed by atoms with Gasteiger partial charge in [-0.3, -0.25) is 4.79 Å². The maximum absolute atomic E-state index is 12.4. The van der Waals surface area contributed by atoms with Gasteiger partial charge >= 0.3 is 5.97 Å². The van der Waals surface area contributed by atoms with Gasteiger partial charge < -0.3 is 9.64 Å². The summed E-state index contributed by atoms with van der Waals surface area (Å²) in [6, 6.07) is 10.5. The Morgan fingerprint density at radius 3 is 2.50 bits per heavy atom. The van der Waals surface area contributed by atoms with Crippen LogP contribution in [-0.2, 0) is 9.53 Å². The Kier molecular flexibility index (Phi) is 6.23. The highest BCUT2D eigenvalue weighted by Crippen LogP contribution is 2.30. The number of ether oxygens (including phenoxy) is 1. The van der Waals surface area contributed by atoms with Crippen molar-refractivity contribution in [3.05, 3.63) is 53.2 Å². The fraction of sp³-hybridized carbons (Fsp3) is 0.235. The van der Waals surface area contributed by atoms with Crippen molar-refractivity contribution in [2.75, 3.05) is 14.1 Å². The molecule has 1 atom stereocenters. The van der Waals surface area contributed by atoms with Gasteiger partial charge in [-0.25, -0.2) is 9.78 Å². The molecule has 0 aliphatic rings. The molecule has 2 aromatic rings. The van der Waals surface area contributed by atoms with Crippen molar-refractivity contribution in [2.45, 2.75) is 22.9 Å². The molecule has 0 unspecified atom stereocenters. The molecule has 0 saturated carbocycles. The minimum Gasteiger partial charge on any atom is -0.449 e. The van der Waals surface area contributed by atoms with Crippen molar-refractivity contribution < 1.29 is 14.3 Å². The number of nitrogens with zero attached hydrogens (tertiary/aromatic N) is 2.